The van der Waals surface area contributed by atoms with Crippen LogP contribution in [0.1, 0.15) is 28.9 Å². The van der Waals surface area contributed by atoms with Crippen molar-refractivity contribution in [2.75, 3.05) is 0 Å². The summed E-state index contributed by atoms with van der Waals surface area (Å²) in [7, 11) is 1.56. The van der Waals surface area contributed by atoms with Crippen LogP contribution >= 0.6 is 12.2 Å². The van der Waals surface area contributed by atoms with Gasteiger partial charge in [-0.2, -0.15) is 0 Å². The van der Waals surface area contributed by atoms with E-state index in [1.807, 2.05) is 0 Å². The molecule has 0 spiro atoms. The first-order chi connectivity index (χ1) is 12.3. The van der Waals surface area contributed by atoms with Crippen molar-refractivity contribution in [2.24, 2.45) is 7.05 Å². The first kappa shape index (κ1) is 17.9. The van der Waals surface area contributed by atoms with Gasteiger partial charge in [-0.25, -0.2) is 8.78 Å². The Bertz CT molecular complexity index is 1140. The highest BCUT2D eigenvalue weighted by Crippen LogP contribution is 2.19. The van der Waals surface area contributed by atoms with Gasteiger partial charge in [0.15, 0.2) is 4.77 Å². The minimum absolute atomic E-state index is 0.175. The van der Waals surface area contributed by atoms with Gasteiger partial charge in [0, 0.05) is 24.2 Å². The molecule has 0 fully saturated rings. The lowest BCUT2D eigenvalue weighted by molar-refractivity contribution is 0.0939. The van der Waals surface area contributed by atoms with Crippen LogP contribution < -0.4 is 10.9 Å². The standard InChI is InChI=1S/C18H15F2N3O2S/c1-9(12-6-4-11(19)8-14(12)20)21-16(24)10-3-5-13-15(7-10)22-18(26)23(2)17(13)25/h3-9H,1-2H3,(H,21,24)(H,22,26). The molecule has 1 aromatic heterocycles. The van der Waals surface area contributed by atoms with Crippen LogP contribution in [0.2, 0.25) is 0 Å². The number of halogens is 2. The predicted molar refractivity (Wildman–Crippen MR) is 96.6 cm³/mol. The van der Waals surface area contributed by atoms with Crippen LogP contribution in [0.3, 0.4) is 0 Å². The molecular formula is C18H15F2N3O2S. The number of carbonyl (C=O) groups is 1. The maximum Gasteiger partial charge on any atom is 0.261 e. The van der Waals surface area contributed by atoms with Crippen molar-refractivity contribution in [3.05, 3.63) is 74.3 Å². The van der Waals surface area contributed by atoms with Gasteiger partial charge in [-0.05, 0) is 43.4 Å². The van der Waals surface area contributed by atoms with Gasteiger partial charge in [0.25, 0.3) is 11.5 Å². The molecule has 1 atom stereocenters. The first-order valence-corrected chi connectivity index (χ1v) is 8.17. The number of aromatic nitrogens is 2. The van der Waals surface area contributed by atoms with Gasteiger partial charge < -0.3 is 10.3 Å². The zero-order chi connectivity index (χ0) is 19.0. The zero-order valence-corrected chi connectivity index (χ0v) is 14.8. The molecular weight excluding hydrogens is 360 g/mol. The number of nitrogens with one attached hydrogen (secondary N) is 2. The average molecular weight is 375 g/mol. The van der Waals surface area contributed by atoms with Crippen molar-refractivity contribution >= 4 is 29.0 Å². The molecule has 3 rings (SSSR count). The second-order valence-corrected chi connectivity index (χ2v) is 6.30. The average Bonchev–Trinajstić information content (AvgIpc) is 2.59. The number of amides is 1. The van der Waals surface area contributed by atoms with E-state index >= 15 is 0 Å². The fourth-order valence-corrected chi connectivity index (χ4v) is 2.85. The molecule has 26 heavy (non-hydrogen) atoms. The van der Waals surface area contributed by atoms with E-state index in [1.54, 1.807) is 14.0 Å². The lowest BCUT2D eigenvalue weighted by atomic mass is 10.1. The fraction of sp³-hybridized carbons (Fsp3) is 0.167. The highest BCUT2D eigenvalue weighted by molar-refractivity contribution is 7.71. The number of carbonyl (C=O) groups excluding carboxylic acids is 1. The van der Waals surface area contributed by atoms with Crippen molar-refractivity contribution in [3.63, 3.8) is 0 Å². The Labute approximate surface area is 152 Å². The fourth-order valence-electron chi connectivity index (χ4n) is 2.66. The molecule has 5 nitrogen and oxygen atoms in total. The smallest absolute Gasteiger partial charge is 0.261 e. The minimum Gasteiger partial charge on any atom is -0.345 e. The quantitative estimate of drug-likeness (QED) is 0.690. The number of benzene rings is 2. The molecule has 0 saturated carbocycles. The zero-order valence-electron chi connectivity index (χ0n) is 14.0. The molecule has 0 saturated heterocycles. The van der Waals surface area contributed by atoms with E-state index in [0.717, 1.165) is 12.1 Å². The molecule has 0 aliphatic carbocycles. The molecule has 0 aliphatic heterocycles. The van der Waals surface area contributed by atoms with Crippen LogP contribution in [0, 0.1) is 16.4 Å². The minimum atomic E-state index is -0.733. The summed E-state index contributed by atoms with van der Waals surface area (Å²) in [5.74, 6) is -1.87. The van der Waals surface area contributed by atoms with Crippen LogP contribution in [0.25, 0.3) is 10.9 Å². The Morgan fingerprint density at radius 1 is 1.23 bits per heavy atom. The Kier molecular flexibility index (Phi) is 4.69. The van der Waals surface area contributed by atoms with Gasteiger partial charge in [0.05, 0.1) is 16.9 Å². The largest absolute Gasteiger partial charge is 0.345 e. The molecule has 1 heterocycles. The van der Waals surface area contributed by atoms with Gasteiger partial charge in [-0.3, -0.25) is 14.2 Å². The van der Waals surface area contributed by atoms with Crippen molar-refractivity contribution in [3.8, 4) is 0 Å². The van der Waals surface area contributed by atoms with E-state index in [4.69, 9.17) is 12.2 Å². The van der Waals surface area contributed by atoms with E-state index in [2.05, 4.69) is 10.3 Å². The SMILES string of the molecule is CC(NC(=O)c1ccc2c(=O)n(C)c(=S)[nH]c2c1)c1ccc(F)cc1F. The van der Waals surface area contributed by atoms with Crippen molar-refractivity contribution in [1.29, 1.82) is 0 Å². The molecule has 2 aromatic carbocycles. The maximum atomic E-state index is 13.8. The van der Waals surface area contributed by atoms with Gasteiger partial charge in [0.1, 0.15) is 11.6 Å². The maximum absolute atomic E-state index is 13.8. The van der Waals surface area contributed by atoms with Crippen molar-refractivity contribution in [2.45, 2.75) is 13.0 Å². The predicted octanol–water partition coefficient (Wildman–Crippen LogP) is 3.37. The Balaban J connectivity index is 1.91. The number of aromatic amines is 1. The Morgan fingerprint density at radius 3 is 2.65 bits per heavy atom. The molecule has 0 radical (unpaired) electrons. The summed E-state index contributed by atoms with van der Waals surface area (Å²) in [4.78, 5) is 27.5. The van der Waals surface area contributed by atoms with E-state index < -0.39 is 23.6 Å². The van der Waals surface area contributed by atoms with Crippen molar-refractivity contribution in [1.82, 2.24) is 14.9 Å². The van der Waals surface area contributed by atoms with E-state index in [-0.39, 0.29) is 21.5 Å². The van der Waals surface area contributed by atoms with Crippen LogP contribution in [-0.4, -0.2) is 15.5 Å². The molecule has 0 aliphatic rings. The summed E-state index contributed by atoms with van der Waals surface area (Å²) < 4.78 is 28.4. The number of nitrogens with zero attached hydrogens (tertiary/aromatic N) is 1. The molecule has 0 bridgehead atoms. The van der Waals surface area contributed by atoms with Crippen LogP contribution in [0.15, 0.2) is 41.2 Å². The lowest BCUT2D eigenvalue weighted by Crippen LogP contribution is -2.27. The first-order valence-electron chi connectivity index (χ1n) is 7.77. The summed E-state index contributed by atoms with van der Waals surface area (Å²) in [5, 5.41) is 3.05. The van der Waals surface area contributed by atoms with Gasteiger partial charge in [-0.1, -0.05) is 6.07 Å². The molecule has 134 valence electrons. The number of hydrogen-bond acceptors (Lipinski definition) is 3. The van der Waals surface area contributed by atoms with Gasteiger partial charge >= 0.3 is 0 Å². The third-order valence-corrected chi connectivity index (χ3v) is 4.52. The van der Waals surface area contributed by atoms with E-state index in [0.29, 0.717) is 10.9 Å². The van der Waals surface area contributed by atoms with Gasteiger partial charge in [-0.15, -0.1) is 0 Å². The highest BCUT2D eigenvalue weighted by Gasteiger charge is 2.16. The highest BCUT2D eigenvalue weighted by atomic mass is 32.1. The summed E-state index contributed by atoms with van der Waals surface area (Å²) in [6, 6.07) is 7.06. The van der Waals surface area contributed by atoms with Crippen LogP contribution in [0.4, 0.5) is 8.78 Å². The lowest BCUT2D eigenvalue weighted by Gasteiger charge is -2.15. The third kappa shape index (κ3) is 3.28. The third-order valence-electron chi connectivity index (χ3n) is 4.14. The summed E-state index contributed by atoms with van der Waals surface area (Å²) in [6.45, 7) is 1.60. The van der Waals surface area contributed by atoms with Crippen LogP contribution in [0.5, 0.6) is 0 Å². The summed E-state index contributed by atoms with van der Waals surface area (Å²) in [5.41, 5.74) is 0.628. The second-order valence-electron chi connectivity index (χ2n) is 5.92. The molecule has 1 unspecified atom stereocenters. The van der Waals surface area contributed by atoms with E-state index in [1.165, 1.54) is 28.8 Å². The number of hydrogen-bond donors (Lipinski definition) is 2. The van der Waals surface area contributed by atoms with Crippen molar-refractivity contribution < 1.29 is 13.6 Å². The summed E-state index contributed by atoms with van der Waals surface area (Å²) >= 11 is 5.07. The molecule has 3 aromatic rings. The van der Waals surface area contributed by atoms with Crippen LogP contribution in [-0.2, 0) is 7.05 Å². The summed E-state index contributed by atoms with van der Waals surface area (Å²) in [6.07, 6.45) is 0. The normalized spacial score (nSPS) is 12.2. The monoisotopic (exact) mass is 375 g/mol. The molecule has 2 N–H and O–H groups in total. The van der Waals surface area contributed by atoms with E-state index in [9.17, 15) is 18.4 Å². The second kappa shape index (κ2) is 6.80. The topological polar surface area (TPSA) is 66.9 Å². The number of H-pyrrole nitrogens is 1. The number of rotatable bonds is 3. The Morgan fingerprint density at radius 2 is 1.96 bits per heavy atom. The van der Waals surface area contributed by atoms with Gasteiger partial charge in [0.2, 0.25) is 0 Å². The molecule has 8 heteroatoms. The Hall–Kier alpha value is -2.87. The number of fused-ring (bicyclic) bond motifs is 1. The molecule has 1 amide bonds.